The van der Waals surface area contributed by atoms with Gasteiger partial charge < -0.3 is 10.6 Å². The second kappa shape index (κ2) is 9.93. The number of nitrogens with zero attached hydrogens (tertiary/aromatic N) is 2. The van der Waals surface area contributed by atoms with Gasteiger partial charge in [0.1, 0.15) is 11.4 Å². The van der Waals surface area contributed by atoms with E-state index in [2.05, 4.69) is 45.9 Å². The van der Waals surface area contributed by atoms with Crippen LogP contribution in [0.2, 0.25) is 0 Å². The first-order valence-corrected chi connectivity index (χ1v) is 13.3. The van der Waals surface area contributed by atoms with Gasteiger partial charge in [0, 0.05) is 24.7 Å². The Labute approximate surface area is 203 Å². The molecule has 0 radical (unpaired) electrons. The first-order valence-electron chi connectivity index (χ1n) is 13.3. The molecule has 182 valence electrons. The van der Waals surface area contributed by atoms with Crippen molar-refractivity contribution in [1.82, 2.24) is 15.2 Å². The van der Waals surface area contributed by atoms with E-state index in [0.717, 1.165) is 56.7 Å². The average molecular weight is 462 g/mol. The van der Waals surface area contributed by atoms with E-state index < -0.39 is 5.54 Å². The van der Waals surface area contributed by atoms with Crippen LogP contribution >= 0.6 is 0 Å². The lowest BCUT2D eigenvalue weighted by Gasteiger charge is -2.37. The summed E-state index contributed by atoms with van der Waals surface area (Å²) in [5.74, 6) is 2.52. The molecule has 3 fully saturated rings. The number of anilines is 1. The van der Waals surface area contributed by atoms with Gasteiger partial charge in [-0.15, -0.1) is 0 Å². The summed E-state index contributed by atoms with van der Waals surface area (Å²) in [5.41, 5.74) is -0.604. The van der Waals surface area contributed by atoms with Crippen molar-refractivity contribution in [3.8, 4) is 0 Å². The van der Waals surface area contributed by atoms with Crippen LogP contribution in [-0.2, 0) is 4.79 Å². The van der Waals surface area contributed by atoms with Crippen LogP contribution in [0.1, 0.15) is 77.0 Å². The third-order valence-electron chi connectivity index (χ3n) is 8.55. The van der Waals surface area contributed by atoms with Gasteiger partial charge in [-0.05, 0) is 55.4 Å². The Bertz CT molecular complexity index is 1030. The van der Waals surface area contributed by atoms with Gasteiger partial charge in [0.2, 0.25) is 0 Å². The second-order valence-corrected chi connectivity index (χ2v) is 10.9. The Morgan fingerprint density at radius 1 is 1.09 bits per heavy atom. The summed E-state index contributed by atoms with van der Waals surface area (Å²) in [6.45, 7) is 0. The van der Waals surface area contributed by atoms with E-state index in [1.807, 2.05) is 6.20 Å². The molecule has 1 amide bonds. The van der Waals surface area contributed by atoms with Crippen LogP contribution in [-0.4, -0.2) is 40.4 Å². The Morgan fingerprint density at radius 3 is 2.68 bits per heavy atom. The van der Waals surface area contributed by atoms with E-state index in [1.165, 1.54) is 47.8 Å². The second-order valence-electron chi connectivity index (χ2n) is 10.9. The molecule has 3 atom stereocenters. The van der Waals surface area contributed by atoms with Crippen LogP contribution in [0.15, 0.2) is 36.5 Å². The van der Waals surface area contributed by atoms with Gasteiger partial charge >= 0.3 is 0 Å². The largest absolute Gasteiger partial charge is 0.367 e. The Balaban J connectivity index is 1.28. The molecular weight excluding hydrogens is 422 g/mol. The van der Waals surface area contributed by atoms with Crippen molar-refractivity contribution >= 4 is 28.5 Å². The predicted octanol–water partition coefficient (Wildman–Crippen LogP) is 5.69. The predicted molar refractivity (Wildman–Crippen MR) is 138 cm³/mol. The maximum atomic E-state index is 13.4. The van der Waals surface area contributed by atoms with E-state index in [4.69, 9.17) is 5.41 Å². The Morgan fingerprint density at radius 2 is 1.88 bits per heavy atom. The number of hydrogen-bond donors (Lipinski definition) is 3. The molecule has 3 aliphatic rings. The van der Waals surface area contributed by atoms with Gasteiger partial charge in [-0.3, -0.25) is 15.1 Å². The number of nitrogens with one attached hydrogen (secondary N) is 3. The summed E-state index contributed by atoms with van der Waals surface area (Å²) in [6, 6.07) is 10.8. The van der Waals surface area contributed by atoms with E-state index >= 15 is 0 Å². The highest BCUT2D eigenvalue weighted by atomic mass is 16.2. The molecule has 1 unspecified atom stereocenters. The number of fused-ring (bicyclic) bond motifs is 1. The minimum absolute atomic E-state index is 0.0964. The van der Waals surface area contributed by atoms with Crippen LogP contribution < -0.4 is 10.6 Å². The van der Waals surface area contributed by atoms with Crippen molar-refractivity contribution in [3.63, 3.8) is 0 Å². The molecule has 1 saturated heterocycles. The fourth-order valence-corrected chi connectivity index (χ4v) is 6.65. The van der Waals surface area contributed by atoms with E-state index in [-0.39, 0.29) is 11.9 Å². The zero-order valence-electron chi connectivity index (χ0n) is 20.5. The van der Waals surface area contributed by atoms with Crippen LogP contribution in [0.25, 0.3) is 10.8 Å². The number of carbonyl (C=O) groups is 1. The third-order valence-corrected chi connectivity index (χ3v) is 8.55. The Kier molecular flexibility index (Phi) is 6.75. The molecule has 3 N–H and O–H groups in total. The summed E-state index contributed by atoms with van der Waals surface area (Å²) in [6.07, 6.45) is 15.7. The molecule has 6 nitrogen and oxygen atoms in total. The van der Waals surface area contributed by atoms with Gasteiger partial charge in [0.05, 0.1) is 0 Å². The summed E-state index contributed by atoms with van der Waals surface area (Å²) in [4.78, 5) is 19.6. The molecular formula is C28H39N5O. The normalized spacial score (nSPS) is 28.3. The standard InChI is InChI=1S/C28H39N5O/c1-33-26(34)28(32-27(33)29,16-14-20-8-3-2-4-9-20)19-21-10-7-12-23(18-21)31-25-24-13-6-5-11-22(24)15-17-30-25/h5-6,11,13,15,17,20-21,23H,2-4,7-10,12,14,16,18-19H2,1H3,(H2,29,32)(H,30,31)/t21?,23-,28-/m1/s1. The zero-order chi connectivity index (χ0) is 23.5. The number of likely N-dealkylation sites (N-methyl/N-ethyl adjacent to an activating group) is 1. The summed E-state index contributed by atoms with van der Waals surface area (Å²) in [7, 11) is 1.75. The molecule has 34 heavy (non-hydrogen) atoms. The highest BCUT2D eigenvalue weighted by molar-refractivity contribution is 6.07. The molecule has 1 aromatic heterocycles. The lowest BCUT2D eigenvalue weighted by atomic mass is 9.74. The number of rotatable bonds is 7. The topological polar surface area (TPSA) is 81.1 Å². The van der Waals surface area contributed by atoms with Gasteiger partial charge in [0.15, 0.2) is 5.96 Å². The molecule has 2 saturated carbocycles. The first-order chi connectivity index (χ1) is 16.5. The fraction of sp³-hybridized carbons (Fsp3) is 0.607. The number of guanidine groups is 1. The van der Waals surface area contributed by atoms with Crippen molar-refractivity contribution in [2.45, 2.75) is 88.6 Å². The van der Waals surface area contributed by atoms with Crippen LogP contribution in [0.3, 0.4) is 0 Å². The molecule has 0 bridgehead atoms. The molecule has 2 aliphatic carbocycles. The lowest BCUT2D eigenvalue weighted by Crippen LogP contribution is -2.49. The van der Waals surface area contributed by atoms with Crippen molar-refractivity contribution in [1.29, 1.82) is 5.41 Å². The van der Waals surface area contributed by atoms with Crippen LogP contribution in [0, 0.1) is 17.2 Å². The lowest BCUT2D eigenvalue weighted by molar-refractivity contribution is -0.131. The van der Waals surface area contributed by atoms with Gasteiger partial charge in [0.25, 0.3) is 5.91 Å². The number of amides is 1. The zero-order valence-corrected chi connectivity index (χ0v) is 20.5. The number of aromatic nitrogens is 1. The van der Waals surface area contributed by atoms with Gasteiger partial charge in [-0.25, -0.2) is 4.98 Å². The summed E-state index contributed by atoms with van der Waals surface area (Å²) < 4.78 is 0. The Hall–Kier alpha value is -2.63. The van der Waals surface area contributed by atoms with E-state index in [9.17, 15) is 4.79 Å². The number of benzene rings is 1. The quantitative estimate of drug-likeness (QED) is 0.495. The molecule has 6 heteroatoms. The minimum atomic E-state index is -0.604. The highest BCUT2D eigenvalue weighted by Gasteiger charge is 2.49. The average Bonchev–Trinajstić information content (AvgIpc) is 3.07. The van der Waals surface area contributed by atoms with Gasteiger partial charge in [-0.2, -0.15) is 0 Å². The van der Waals surface area contributed by atoms with Crippen LogP contribution in [0.4, 0.5) is 5.82 Å². The minimum Gasteiger partial charge on any atom is -0.367 e. The highest BCUT2D eigenvalue weighted by Crippen LogP contribution is 2.39. The van der Waals surface area contributed by atoms with Crippen LogP contribution in [0.5, 0.6) is 0 Å². The van der Waals surface area contributed by atoms with Crippen molar-refractivity contribution < 1.29 is 4.79 Å². The van der Waals surface area contributed by atoms with Crippen molar-refractivity contribution in [2.75, 3.05) is 12.4 Å². The SMILES string of the molecule is CN1C(=N)N[C@](CCC2CCCCC2)(CC2CCC[C@@H](Nc3nccc4ccccc34)C2)C1=O. The molecule has 1 aliphatic heterocycles. The molecule has 2 aromatic rings. The number of carbonyl (C=O) groups excluding carboxylic acids is 1. The maximum Gasteiger partial charge on any atom is 0.254 e. The van der Waals surface area contributed by atoms with Crippen molar-refractivity contribution in [3.05, 3.63) is 36.5 Å². The molecule has 5 rings (SSSR count). The summed E-state index contributed by atoms with van der Waals surface area (Å²) in [5, 5.41) is 17.8. The first kappa shape index (κ1) is 23.1. The maximum absolute atomic E-state index is 13.4. The van der Waals surface area contributed by atoms with Gasteiger partial charge in [-0.1, -0.05) is 69.2 Å². The van der Waals surface area contributed by atoms with Crippen molar-refractivity contribution in [2.24, 2.45) is 11.8 Å². The monoisotopic (exact) mass is 461 g/mol. The number of pyridine rings is 1. The molecule has 0 spiro atoms. The van der Waals surface area contributed by atoms with E-state index in [0.29, 0.717) is 12.0 Å². The smallest absolute Gasteiger partial charge is 0.254 e. The summed E-state index contributed by atoms with van der Waals surface area (Å²) >= 11 is 0. The molecule has 1 aromatic carbocycles. The fourth-order valence-electron chi connectivity index (χ4n) is 6.65. The van der Waals surface area contributed by atoms with E-state index in [1.54, 1.807) is 7.05 Å². The third kappa shape index (κ3) is 4.77. The molecule has 2 heterocycles. The number of hydrogen-bond acceptors (Lipinski definition) is 4.